The first-order valence-electron chi connectivity index (χ1n) is 2.52. The highest BCUT2D eigenvalue weighted by Crippen LogP contribution is 2.10. The quantitative estimate of drug-likeness (QED) is 0.665. The standard InChI is InChI=1S/ClH7N5P5/c1-6-10-4-8-2-7-3-9-5-11-6/h2-4,7-10H. The molecule has 1 heterocycles. The molecule has 0 saturated carbocycles. The Bertz CT molecular complexity index is 252. The third-order valence-corrected chi connectivity index (χ3v) is 5.65. The van der Waals surface area contributed by atoms with Crippen LogP contribution in [0.1, 0.15) is 0 Å². The number of halogens is 1. The highest BCUT2D eigenvalue weighted by molar-refractivity contribution is 7.45. The van der Waals surface area contributed by atoms with Crippen molar-refractivity contribution in [3.8, 4) is 0 Å². The third kappa shape index (κ3) is 5.10. The van der Waals surface area contributed by atoms with E-state index >= 15 is 0 Å². The topological polar surface area (TPSA) is 65.2 Å². The number of nitrogens with one attached hydrogen (secondary N) is 3. The van der Waals surface area contributed by atoms with Gasteiger partial charge in [0.05, 0.1) is 0 Å². The molecule has 64 valence electrons. The van der Waals surface area contributed by atoms with Gasteiger partial charge in [-0.1, -0.05) is 0 Å². The van der Waals surface area contributed by atoms with Crippen molar-refractivity contribution in [2.75, 3.05) is 0 Å². The molecule has 0 spiro atoms. The van der Waals surface area contributed by atoms with E-state index in [0.717, 1.165) is 8.51 Å². The summed E-state index contributed by atoms with van der Waals surface area (Å²) in [4.78, 5) is 0. The molecule has 11 heavy (non-hydrogen) atoms. The maximum Gasteiger partial charge on any atom is 0.158 e. The summed E-state index contributed by atoms with van der Waals surface area (Å²) in [7, 11) is 2.83. The average molecular weight is 267 g/mol. The Labute approximate surface area is 76.3 Å². The van der Waals surface area contributed by atoms with Gasteiger partial charge in [0, 0.05) is 45.8 Å². The van der Waals surface area contributed by atoms with Crippen LogP contribution in [0.3, 0.4) is 0 Å². The van der Waals surface area contributed by atoms with Crippen LogP contribution in [-0.4, -0.2) is 21.6 Å². The van der Waals surface area contributed by atoms with Crippen LogP contribution < -0.4 is 0 Å². The molecule has 4 atom stereocenters. The first-order valence-corrected chi connectivity index (χ1v) is 7.55. The summed E-state index contributed by atoms with van der Waals surface area (Å²) in [6.07, 6.45) is 0. The highest BCUT2D eigenvalue weighted by Gasteiger charge is 1.68. The van der Waals surface area contributed by atoms with Gasteiger partial charge in [0.25, 0.3) is 0 Å². The fraction of sp³-hybridized carbons (Fsp3) is 0. The van der Waals surface area contributed by atoms with Crippen molar-refractivity contribution in [2.45, 2.75) is 0 Å². The minimum absolute atomic E-state index is 0.430. The van der Waals surface area contributed by atoms with Crippen molar-refractivity contribution in [3.63, 3.8) is 0 Å². The summed E-state index contributed by atoms with van der Waals surface area (Å²) >= 11 is 5.75. The number of hydrogen-bond acceptors (Lipinski definition) is 1. The molecule has 0 aliphatic heterocycles. The second kappa shape index (κ2) is 6.32. The minimum Gasteiger partial charge on any atom is -0.314 e. The highest BCUT2D eigenvalue weighted by atomic mass is 35.5. The lowest BCUT2D eigenvalue weighted by molar-refractivity contribution is 1.60. The molecule has 0 fully saturated rings. The fourth-order valence-corrected chi connectivity index (χ4v) is 5.85. The van der Waals surface area contributed by atoms with Crippen LogP contribution in [-0.2, 0) is 0 Å². The number of H-pyrrole nitrogens is 3. The molecule has 5 nitrogen and oxygen atoms in total. The van der Waals surface area contributed by atoms with Gasteiger partial charge < -0.3 is 13.5 Å². The molecular formula is H7ClN5P5. The molecule has 11 heteroatoms. The molecule has 0 saturated heterocycles. The first kappa shape index (κ1) is 9.87. The summed E-state index contributed by atoms with van der Waals surface area (Å²) in [5.41, 5.74) is 0. The Hall–Kier alpha value is 0.790. The van der Waals surface area contributed by atoms with E-state index in [9.17, 15) is 0 Å². The average Bonchev–Trinajstić information content (AvgIpc) is 2.03. The second-order valence-corrected chi connectivity index (χ2v) is 8.31. The lowest BCUT2D eigenvalue weighted by Crippen LogP contribution is -1.58. The van der Waals surface area contributed by atoms with Crippen LogP contribution in [0.25, 0.3) is 0 Å². The molecule has 1 aromatic heterocycles. The van der Waals surface area contributed by atoms with E-state index in [-0.39, 0.29) is 0 Å². The van der Waals surface area contributed by atoms with Crippen molar-refractivity contribution < 1.29 is 0 Å². The molecule has 4 unspecified atom stereocenters. The van der Waals surface area contributed by atoms with Gasteiger partial charge in [0.15, 0.2) is 8.51 Å². The van der Waals surface area contributed by atoms with Gasteiger partial charge in [-0.2, -0.15) is 8.12 Å². The lowest BCUT2D eigenvalue weighted by Gasteiger charge is -1.83. The van der Waals surface area contributed by atoms with Crippen molar-refractivity contribution in [2.24, 2.45) is 0 Å². The van der Waals surface area contributed by atoms with Gasteiger partial charge in [0.1, 0.15) is 0 Å². The monoisotopic (exact) mass is 267 g/mol. The van der Waals surface area contributed by atoms with E-state index in [4.69, 9.17) is 11.8 Å². The number of aromatic nitrogens is 5. The smallest absolute Gasteiger partial charge is 0.158 e. The second-order valence-electron chi connectivity index (χ2n) is 1.30. The zero-order valence-corrected chi connectivity index (χ0v) is 10.9. The Balaban J connectivity index is 3.11. The Morgan fingerprint density at radius 2 is 2.09 bits per heavy atom. The molecule has 0 bridgehead atoms. The normalized spacial score (nSPS) is 12.1. The van der Waals surface area contributed by atoms with Gasteiger partial charge in [-0.05, 0) is 0 Å². The maximum absolute atomic E-state index is 5.75. The molecule has 3 N–H and O–H groups in total. The zero-order valence-electron chi connectivity index (χ0n) is 5.22. The number of hydrogen-bond donors (Lipinski definition) is 3. The van der Waals surface area contributed by atoms with E-state index in [0.29, 0.717) is 34.0 Å². The van der Waals surface area contributed by atoms with E-state index in [1.54, 1.807) is 3.61 Å². The maximum atomic E-state index is 5.75. The van der Waals surface area contributed by atoms with Crippen LogP contribution in [0, 0.1) is 0 Å². The molecule has 0 radical (unpaired) electrons. The predicted molar refractivity (Wildman–Crippen MR) is 59.9 cm³/mol. The molecule has 0 aliphatic rings. The SMILES string of the molecule is Cln1pn[pH][nH][pH][nH][pH][nH][pH]1. The van der Waals surface area contributed by atoms with Gasteiger partial charge in [-0.25, -0.2) is 0 Å². The third-order valence-electron chi connectivity index (χ3n) is 0.627. The molecule has 0 amide bonds. The Morgan fingerprint density at radius 1 is 1.27 bits per heavy atom. The van der Waals surface area contributed by atoms with Gasteiger partial charge >= 0.3 is 0 Å². The van der Waals surface area contributed by atoms with Crippen LogP contribution >= 0.6 is 54.3 Å². The number of nitrogens with zero attached hydrogens (tertiary/aromatic N) is 2. The van der Waals surface area contributed by atoms with Crippen LogP contribution in [0.15, 0.2) is 0 Å². The Kier molecular flexibility index (Phi) is 5.68. The molecular weight excluding hydrogens is 260 g/mol. The molecule has 1 aromatic rings. The lowest BCUT2D eigenvalue weighted by atomic mass is 13.8. The van der Waals surface area contributed by atoms with E-state index in [2.05, 4.69) is 18.0 Å². The number of rotatable bonds is 0. The molecule has 0 aromatic carbocycles. The van der Waals surface area contributed by atoms with Gasteiger partial charge in [-0.3, -0.25) is 0 Å². The fourth-order valence-electron chi connectivity index (χ4n) is 0.305. The minimum atomic E-state index is 0.430. The van der Waals surface area contributed by atoms with Gasteiger partial charge in [-0.15, -0.1) is 0 Å². The van der Waals surface area contributed by atoms with Crippen molar-refractivity contribution in [3.05, 3.63) is 0 Å². The zero-order chi connectivity index (χ0) is 7.94. The van der Waals surface area contributed by atoms with E-state index in [1.807, 2.05) is 0 Å². The largest absolute Gasteiger partial charge is 0.314 e. The molecule has 0 aliphatic carbocycles. The van der Waals surface area contributed by atoms with Crippen molar-refractivity contribution in [1.82, 2.24) is 21.6 Å². The predicted octanol–water partition coefficient (Wildman–Crippen LogP) is 2.95. The number of aromatic amines is 3. The summed E-state index contributed by atoms with van der Waals surface area (Å²) in [5, 5.41) is 0. The molecule has 1 rings (SSSR count). The van der Waals surface area contributed by atoms with Crippen LogP contribution in [0.5, 0.6) is 0 Å². The van der Waals surface area contributed by atoms with Crippen molar-refractivity contribution in [1.29, 1.82) is 0 Å². The first-order chi connectivity index (χ1) is 5.39. The summed E-state index contributed by atoms with van der Waals surface area (Å²) in [5.74, 6) is 0. The van der Waals surface area contributed by atoms with Crippen LogP contribution in [0.4, 0.5) is 0 Å². The van der Waals surface area contributed by atoms with E-state index < -0.39 is 0 Å². The van der Waals surface area contributed by atoms with Gasteiger partial charge in [0.2, 0.25) is 0 Å². The summed E-state index contributed by atoms with van der Waals surface area (Å²) < 4.78 is 15.2. The Morgan fingerprint density at radius 3 is 3.00 bits per heavy atom. The van der Waals surface area contributed by atoms with Crippen molar-refractivity contribution >= 4 is 54.3 Å². The summed E-state index contributed by atoms with van der Waals surface area (Å²) in [6.45, 7) is 0. The summed E-state index contributed by atoms with van der Waals surface area (Å²) in [6, 6.07) is 0. The van der Waals surface area contributed by atoms with E-state index in [1.165, 1.54) is 0 Å². The van der Waals surface area contributed by atoms with Crippen LogP contribution in [0.2, 0.25) is 0 Å².